The van der Waals surface area contributed by atoms with Gasteiger partial charge in [-0.2, -0.15) is 0 Å². The van der Waals surface area contributed by atoms with E-state index in [0.29, 0.717) is 13.2 Å². The molecule has 1 aliphatic heterocycles. The summed E-state index contributed by atoms with van der Waals surface area (Å²) in [6.07, 6.45) is 0. The van der Waals surface area contributed by atoms with Crippen molar-refractivity contribution < 1.29 is 4.74 Å². The molecule has 7 nitrogen and oxygen atoms in total. The minimum absolute atomic E-state index is 0.224. The van der Waals surface area contributed by atoms with Gasteiger partial charge in [0.25, 0.3) is 0 Å². The normalized spacial score (nSPS) is 19.0. The molecule has 1 fully saturated rings. The lowest BCUT2D eigenvalue weighted by molar-refractivity contribution is 0.0985. The summed E-state index contributed by atoms with van der Waals surface area (Å²) in [5.41, 5.74) is 2.39. The van der Waals surface area contributed by atoms with Crippen LogP contribution in [0.4, 0.5) is 5.82 Å². The Morgan fingerprint density at radius 1 is 1.38 bits per heavy atom. The van der Waals surface area contributed by atoms with Crippen LogP contribution in [0.5, 0.6) is 0 Å². The highest BCUT2D eigenvalue weighted by molar-refractivity contribution is 6.28. The third kappa shape index (κ3) is 2.71. The van der Waals surface area contributed by atoms with Crippen molar-refractivity contribution in [2.75, 3.05) is 24.7 Å². The van der Waals surface area contributed by atoms with Gasteiger partial charge in [-0.05, 0) is 25.4 Å². The molecule has 0 saturated carbocycles. The molecule has 1 aliphatic rings. The summed E-state index contributed by atoms with van der Waals surface area (Å²) in [5.74, 6) is 0.807. The third-order valence-electron chi connectivity index (χ3n) is 3.59. The summed E-state index contributed by atoms with van der Waals surface area (Å²) in [5, 5.41) is 8.29. The van der Waals surface area contributed by atoms with Crippen molar-refractivity contribution in [3.63, 3.8) is 0 Å². The molecule has 0 spiro atoms. The maximum atomic E-state index is 6.11. The highest BCUT2D eigenvalue weighted by atomic mass is 35.5. The first kappa shape index (κ1) is 14.2. The Balaban J connectivity index is 2.04. The first-order chi connectivity index (χ1) is 10.1. The van der Waals surface area contributed by atoms with Crippen molar-refractivity contribution in [1.29, 1.82) is 0 Å². The molecule has 0 unspecified atom stereocenters. The first-order valence-electron chi connectivity index (χ1n) is 6.82. The standard InChI is InChI=1S/C13H17ClN6O/c1-8-7-21-5-4-20(8)11-6-10(15-13(14)16-11)12-9(2)17-18-19(12)3/h6,8H,4-5,7H2,1-3H3/t8-/m1/s1. The minimum Gasteiger partial charge on any atom is -0.377 e. The summed E-state index contributed by atoms with van der Waals surface area (Å²) in [6, 6.07) is 2.18. The van der Waals surface area contributed by atoms with E-state index >= 15 is 0 Å². The lowest BCUT2D eigenvalue weighted by Crippen LogP contribution is -2.44. The van der Waals surface area contributed by atoms with Gasteiger partial charge in [0.15, 0.2) is 0 Å². The number of hydrogen-bond donors (Lipinski definition) is 0. The predicted octanol–water partition coefficient (Wildman–Crippen LogP) is 1.46. The molecule has 1 saturated heterocycles. The van der Waals surface area contributed by atoms with Gasteiger partial charge >= 0.3 is 0 Å². The van der Waals surface area contributed by atoms with Gasteiger partial charge in [0.1, 0.15) is 11.5 Å². The number of rotatable bonds is 2. The monoisotopic (exact) mass is 308 g/mol. The average Bonchev–Trinajstić information content (AvgIpc) is 2.78. The molecule has 0 aromatic carbocycles. The lowest BCUT2D eigenvalue weighted by atomic mass is 10.2. The number of hydrogen-bond acceptors (Lipinski definition) is 6. The molecule has 2 aromatic rings. The number of anilines is 1. The van der Waals surface area contributed by atoms with E-state index < -0.39 is 0 Å². The van der Waals surface area contributed by atoms with Gasteiger partial charge in [-0.1, -0.05) is 5.21 Å². The van der Waals surface area contributed by atoms with E-state index in [1.807, 2.05) is 20.0 Å². The van der Waals surface area contributed by atoms with E-state index in [0.717, 1.165) is 29.4 Å². The fourth-order valence-corrected chi connectivity index (χ4v) is 2.73. The summed E-state index contributed by atoms with van der Waals surface area (Å²) < 4.78 is 7.16. The molecule has 21 heavy (non-hydrogen) atoms. The van der Waals surface area contributed by atoms with Crippen molar-refractivity contribution in [2.45, 2.75) is 19.9 Å². The lowest BCUT2D eigenvalue weighted by Gasteiger charge is -2.34. The molecule has 0 aliphatic carbocycles. The van der Waals surface area contributed by atoms with Gasteiger partial charge in [-0.25, -0.2) is 14.6 Å². The minimum atomic E-state index is 0.224. The van der Waals surface area contributed by atoms with E-state index in [2.05, 4.69) is 32.1 Å². The zero-order valence-corrected chi connectivity index (χ0v) is 13.0. The van der Waals surface area contributed by atoms with Gasteiger partial charge in [0.2, 0.25) is 5.28 Å². The predicted molar refractivity (Wildman–Crippen MR) is 79.4 cm³/mol. The molecule has 0 amide bonds. The molecule has 112 valence electrons. The molecule has 2 aromatic heterocycles. The Morgan fingerprint density at radius 3 is 2.86 bits per heavy atom. The van der Waals surface area contributed by atoms with Crippen LogP contribution in [0.1, 0.15) is 12.6 Å². The fraction of sp³-hybridized carbons (Fsp3) is 0.538. The number of nitrogens with zero attached hydrogens (tertiary/aromatic N) is 6. The van der Waals surface area contributed by atoms with E-state index in [1.54, 1.807) is 4.68 Å². The van der Waals surface area contributed by atoms with Crippen LogP contribution >= 0.6 is 11.6 Å². The van der Waals surface area contributed by atoms with Crippen LogP contribution in [0.2, 0.25) is 5.28 Å². The molecule has 8 heteroatoms. The Morgan fingerprint density at radius 2 is 2.19 bits per heavy atom. The second kappa shape index (κ2) is 5.57. The summed E-state index contributed by atoms with van der Waals surface area (Å²) in [7, 11) is 1.84. The number of ether oxygens (including phenoxy) is 1. The van der Waals surface area contributed by atoms with E-state index in [-0.39, 0.29) is 11.3 Å². The van der Waals surface area contributed by atoms with Crippen molar-refractivity contribution in [3.05, 3.63) is 17.0 Å². The number of aryl methyl sites for hydroxylation is 2. The van der Waals surface area contributed by atoms with Crippen LogP contribution in [0, 0.1) is 6.92 Å². The van der Waals surface area contributed by atoms with Crippen LogP contribution in [0.3, 0.4) is 0 Å². The molecule has 3 heterocycles. The highest BCUT2D eigenvalue weighted by Crippen LogP contribution is 2.26. The van der Waals surface area contributed by atoms with Gasteiger partial charge in [-0.3, -0.25) is 0 Å². The summed E-state index contributed by atoms with van der Waals surface area (Å²) in [4.78, 5) is 10.8. The summed E-state index contributed by atoms with van der Waals surface area (Å²) >= 11 is 6.11. The number of aromatic nitrogens is 5. The maximum Gasteiger partial charge on any atom is 0.224 e. The highest BCUT2D eigenvalue weighted by Gasteiger charge is 2.22. The quantitative estimate of drug-likeness (QED) is 0.782. The SMILES string of the molecule is Cc1nnn(C)c1-c1cc(N2CCOC[C@H]2C)nc(Cl)n1. The van der Waals surface area contributed by atoms with Crippen molar-refractivity contribution in [1.82, 2.24) is 25.0 Å². The van der Waals surface area contributed by atoms with E-state index in [9.17, 15) is 0 Å². The zero-order valence-electron chi connectivity index (χ0n) is 12.2. The van der Waals surface area contributed by atoms with E-state index in [4.69, 9.17) is 16.3 Å². The second-order valence-electron chi connectivity index (χ2n) is 5.14. The van der Waals surface area contributed by atoms with Crippen molar-refractivity contribution in [2.24, 2.45) is 7.05 Å². The number of morpholine rings is 1. The molecule has 0 N–H and O–H groups in total. The average molecular weight is 309 g/mol. The number of halogens is 1. The van der Waals surface area contributed by atoms with Crippen LogP contribution < -0.4 is 4.90 Å². The van der Waals surface area contributed by atoms with Crippen LogP contribution in [0.25, 0.3) is 11.4 Å². The molecule has 1 atom stereocenters. The van der Waals surface area contributed by atoms with Gasteiger partial charge < -0.3 is 9.64 Å². The summed E-state index contributed by atoms with van der Waals surface area (Å²) in [6.45, 7) is 6.16. The van der Waals surface area contributed by atoms with Gasteiger partial charge in [-0.15, -0.1) is 5.10 Å². The fourth-order valence-electron chi connectivity index (χ4n) is 2.55. The van der Waals surface area contributed by atoms with Crippen LogP contribution in [0.15, 0.2) is 6.07 Å². The molecule has 0 bridgehead atoms. The first-order valence-corrected chi connectivity index (χ1v) is 7.19. The second-order valence-corrected chi connectivity index (χ2v) is 5.48. The Hall–Kier alpha value is -1.73. The largest absolute Gasteiger partial charge is 0.377 e. The van der Waals surface area contributed by atoms with Crippen molar-refractivity contribution in [3.8, 4) is 11.4 Å². The third-order valence-corrected chi connectivity index (χ3v) is 3.75. The Kier molecular flexibility index (Phi) is 3.77. The molecular formula is C13H17ClN6O. The van der Waals surface area contributed by atoms with Gasteiger partial charge in [0, 0.05) is 19.7 Å². The van der Waals surface area contributed by atoms with E-state index in [1.165, 1.54) is 0 Å². The van der Waals surface area contributed by atoms with Crippen molar-refractivity contribution >= 4 is 17.4 Å². The molecule has 0 radical (unpaired) electrons. The van der Waals surface area contributed by atoms with Crippen LogP contribution in [-0.2, 0) is 11.8 Å². The molecular weight excluding hydrogens is 292 g/mol. The zero-order chi connectivity index (χ0) is 15.0. The topological polar surface area (TPSA) is 69.0 Å². The smallest absolute Gasteiger partial charge is 0.224 e. The maximum absolute atomic E-state index is 6.11. The Bertz CT molecular complexity index is 639. The van der Waals surface area contributed by atoms with Crippen LogP contribution in [-0.4, -0.2) is 50.8 Å². The van der Waals surface area contributed by atoms with Gasteiger partial charge in [0.05, 0.1) is 30.6 Å². The molecule has 3 rings (SSSR count). The Labute approximate surface area is 127 Å².